The van der Waals surface area contributed by atoms with Gasteiger partial charge in [-0.05, 0) is 36.8 Å². The fourth-order valence-electron chi connectivity index (χ4n) is 3.85. The predicted octanol–water partition coefficient (Wildman–Crippen LogP) is 4.23. The van der Waals surface area contributed by atoms with E-state index in [4.69, 9.17) is 0 Å². The maximum absolute atomic E-state index is 13.4. The highest BCUT2D eigenvalue weighted by atomic mass is 19.4. The molecule has 2 heterocycles. The fraction of sp³-hybridized carbons (Fsp3) is 0.304. The number of anilines is 5. The van der Waals surface area contributed by atoms with Crippen molar-refractivity contribution in [3.05, 3.63) is 59.9 Å². The monoisotopic (exact) mass is 471 g/mol. The summed E-state index contributed by atoms with van der Waals surface area (Å²) in [4.78, 5) is 28.0. The molecule has 2 N–H and O–H groups in total. The summed E-state index contributed by atoms with van der Waals surface area (Å²) < 4.78 is 40.2. The van der Waals surface area contributed by atoms with Crippen molar-refractivity contribution in [3.8, 4) is 0 Å². The zero-order valence-electron chi connectivity index (χ0n) is 18.7. The molecule has 1 amide bonds. The van der Waals surface area contributed by atoms with E-state index in [-0.39, 0.29) is 11.6 Å². The van der Waals surface area contributed by atoms with E-state index in [9.17, 15) is 18.0 Å². The number of piperazine rings is 1. The van der Waals surface area contributed by atoms with E-state index >= 15 is 0 Å². The third-order valence-electron chi connectivity index (χ3n) is 5.56. The van der Waals surface area contributed by atoms with Gasteiger partial charge in [-0.1, -0.05) is 18.2 Å². The van der Waals surface area contributed by atoms with Crippen molar-refractivity contribution in [1.82, 2.24) is 15.0 Å². The van der Waals surface area contributed by atoms with Crippen LogP contribution in [0.5, 0.6) is 0 Å². The first-order chi connectivity index (χ1) is 16.2. The Morgan fingerprint density at radius 3 is 2.32 bits per heavy atom. The van der Waals surface area contributed by atoms with Crippen LogP contribution in [0.1, 0.15) is 18.1 Å². The van der Waals surface area contributed by atoms with Gasteiger partial charge in [-0.3, -0.25) is 4.79 Å². The zero-order chi connectivity index (χ0) is 24.3. The fourth-order valence-corrected chi connectivity index (χ4v) is 3.85. The molecule has 1 aliphatic rings. The Kier molecular flexibility index (Phi) is 6.53. The second-order valence-corrected chi connectivity index (χ2v) is 7.88. The van der Waals surface area contributed by atoms with E-state index < -0.39 is 11.7 Å². The normalized spacial score (nSPS) is 14.1. The Morgan fingerprint density at radius 2 is 1.62 bits per heavy atom. The van der Waals surface area contributed by atoms with Crippen LogP contribution in [0.25, 0.3) is 0 Å². The second kappa shape index (κ2) is 9.54. The molecule has 1 aromatic heterocycles. The van der Waals surface area contributed by atoms with Crippen LogP contribution in [0.2, 0.25) is 0 Å². The van der Waals surface area contributed by atoms with Gasteiger partial charge in [-0.25, -0.2) is 9.97 Å². The van der Waals surface area contributed by atoms with Crippen LogP contribution in [0, 0.1) is 6.92 Å². The predicted molar refractivity (Wildman–Crippen MR) is 124 cm³/mol. The molecule has 4 rings (SSSR count). The lowest BCUT2D eigenvalue weighted by molar-refractivity contribution is -0.137. The molecule has 0 unspecified atom stereocenters. The Morgan fingerprint density at radius 1 is 0.941 bits per heavy atom. The summed E-state index contributed by atoms with van der Waals surface area (Å²) in [7, 11) is 0. The molecule has 3 aromatic rings. The molecule has 0 spiro atoms. The van der Waals surface area contributed by atoms with Crippen molar-refractivity contribution >= 4 is 34.9 Å². The molecule has 1 aliphatic heterocycles. The van der Waals surface area contributed by atoms with Crippen LogP contribution < -0.4 is 20.4 Å². The summed E-state index contributed by atoms with van der Waals surface area (Å²) in [5.74, 6) is 0.606. The van der Waals surface area contributed by atoms with E-state index in [1.165, 1.54) is 25.4 Å². The summed E-state index contributed by atoms with van der Waals surface area (Å²) in [6.45, 7) is 5.05. The van der Waals surface area contributed by atoms with Crippen LogP contribution in [0.3, 0.4) is 0 Å². The maximum Gasteiger partial charge on any atom is 0.418 e. The number of carbonyl (C=O) groups excluding carboxylic acids is 1. The number of amides is 1. The molecule has 11 heteroatoms. The average molecular weight is 471 g/mol. The number of hydrogen-bond acceptors (Lipinski definition) is 7. The summed E-state index contributed by atoms with van der Waals surface area (Å²) in [5.41, 5.74) is 1.80. The molecule has 0 radical (unpaired) electrons. The van der Waals surface area contributed by atoms with Crippen molar-refractivity contribution < 1.29 is 18.0 Å². The van der Waals surface area contributed by atoms with E-state index in [0.717, 1.165) is 17.3 Å². The van der Waals surface area contributed by atoms with E-state index in [1.807, 2.05) is 17.9 Å². The van der Waals surface area contributed by atoms with Crippen molar-refractivity contribution in [2.45, 2.75) is 20.0 Å². The van der Waals surface area contributed by atoms with Gasteiger partial charge in [-0.15, -0.1) is 0 Å². The van der Waals surface area contributed by atoms with Crippen LogP contribution >= 0.6 is 0 Å². The summed E-state index contributed by atoms with van der Waals surface area (Å²) >= 11 is 0. The highest BCUT2D eigenvalue weighted by Gasteiger charge is 2.35. The number of para-hydroxylation sites is 1. The van der Waals surface area contributed by atoms with Gasteiger partial charge in [0.1, 0.15) is 6.33 Å². The number of carbonyl (C=O) groups is 1. The number of aromatic nitrogens is 3. The molecule has 2 aromatic carbocycles. The Hall–Kier alpha value is -3.89. The number of nitrogens with one attached hydrogen (secondary N) is 2. The van der Waals surface area contributed by atoms with Gasteiger partial charge < -0.3 is 20.4 Å². The van der Waals surface area contributed by atoms with Crippen LogP contribution in [-0.4, -0.2) is 47.0 Å². The van der Waals surface area contributed by atoms with Gasteiger partial charge in [0, 0.05) is 50.2 Å². The standard InChI is InChI=1S/C23H24F3N7O/c1-15-18(29-16(2)34)7-5-8-19(15)30-21-27-14-28-22(31-21)33-12-10-32(11-13-33)20-9-4-3-6-17(20)23(24,25)26/h3-9,14H,10-13H2,1-2H3,(H,29,34)(H,27,28,30,31). The Bertz CT molecular complexity index is 1180. The molecule has 0 aliphatic carbocycles. The number of halogens is 3. The zero-order valence-corrected chi connectivity index (χ0v) is 18.7. The molecule has 8 nitrogen and oxygen atoms in total. The minimum Gasteiger partial charge on any atom is -0.367 e. The van der Waals surface area contributed by atoms with Gasteiger partial charge in [0.05, 0.1) is 5.56 Å². The second-order valence-electron chi connectivity index (χ2n) is 7.88. The highest BCUT2D eigenvalue weighted by molar-refractivity contribution is 5.90. The summed E-state index contributed by atoms with van der Waals surface area (Å²) in [6, 6.07) is 11.1. The van der Waals surface area contributed by atoms with E-state index in [2.05, 4.69) is 25.6 Å². The Balaban J connectivity index is 1.46. The number of benzene rings is 2. The first kappa shape index (κ1) is 23.3. The van der Waals surface area contributed by atoms with Crippen molar-refractivity contribution in [1.29, 1.82) is 0 Å². The van der Waals surface area contributed by atoms with Crippen LogP contribution in [0.15, 0.2) is 48.8 Å². The summed E-state index contributed by atoms with van der Waals surface area (Å²) in [6.07, 6.45) is -3.01. The number of alkyl halides is 3. The maximum atomic E-state index is 13.4. The summed E-state index contributed by atoms with van der Waals surface area (Å²) in [5, 5.41) is 5.93. The molecule has 1 saturated heterocycles. The third kappa shape index (κ3) is 5.19. The first-order valence-electron chi connectivity index (χ1n) is 10.7. The number of rotatable bonds is 5. The minimum atomic E-state index is -4.40. The molecular weight excluding hydrogens is 447 g/mol. The van der Waals surface area contributed by atoms with Gasteiger partial charge in [0.2, 0.25) is 17.8 Å². The lowest BCUT2D eigenvalue weighted by Gasteiger charge is -2.37. The van der Waals surface area contributed by atoms with Gasteiger partial charge in [-0.2, -0.15) is 18.2 Å². The van der Waals surface area contributed by atoms with E-state index in [0.29, 0.717) is 43.8 Å². The van der Waals surface area contributed by atoms with Crippen molar-refractivity contribution in [3.63, 3.8) is 0 Å². The van der Waals surface area contributed by atoms with Crippen molar-refractivity contribution in [2.24, 2.45) is 0 Å². The average Bonchev–Trinajstić information content (AvgIpc) is 2.81. The van der Waals surface area contributed by atoms with Gasteiger partial charge in [0.15, 0.2) is 0 Å². The number of hydrogen-bond donors (Lipinski definition) is 2. The van der Waals surface area contributed by atoms with Crippen LogP contribution in [0.4, 0.5) is 42.1 Å². The SMILES string of the molecule is CC(=O)Nc1cccc(Nc2ncnc(N3CCN(c4ccccc4C(F)(F)F)CC3)n2)c1C. The molecule has 0 saturated carbocycles. The molecule has 0 atom stereocenters. The molecule has 0 bridgehead atoms. The first-order valence-corrected chi connectivity index (χ1v) is 10.7. The topological polar surface area (TPSA) is 86.3 Å². The number of nitrogens with zero attached hydrogens (tertiary/aromatic N) is 5. The molecule has 178 valence electrons. The third-order valence-corrected chi connectivity index (χ3v) is 5.56. The quantitative estimate of drug-likeness (QED) is 0.576. The molecule has 1 fully saturated rings. The lowest BCUT2D eigenvalue weighted by atomic mass is 10.1. The van der Waals surface area contributed by atoms with Gasteiger partial charge in [0.25, 0.3) is 0 Å². The Labute approximate surface area is 194 Å². The van der Waals surface area contributed by atoms with E-state index in [1.54, 1.807) is 23.1 Å². The van der Waals surface area contributed by atoms with Gasteiger partial charge >= 0.3 is 6.18 Å². The highest BCUT2D eigenvalue weighted by Crippen LogP contribution is 2.36. The minimum absolute atomic E-state index is 0.167. The smallest absolute Gasteiger partial charge is 0.367 e. The molecular formula is C23H24F3N7O. The van der Waals surface area contributed by atoms with Crippen LogP contribution in [-0.2, 0) is 11.0 Å². The lowest BCUT2D eigenvalue weighted by Crippen LogP contribution is -2.47. The molecule has 34 heavy (non-hydrogen) atoms. The van der Waals surface area contributed by atoms with Crippen molar-refractivity contribution in [2.75, 3.05) is 46.6 Å². The largest absolute Gasteiger partial charge is 0.418 e.